The van der Waals surface area contributed by atoms with Crippen LogP contribution in [0.15, 0.2) is 109 Å². The third-order valence-corrected chi connectivity index (χ3v) is 7.69. The van der Waals surface area contributed by atoms with Gasteiger partial charge in [-0.05, 0) is 81.3 Å². The molecule has 41 heavy (non-hydrogen) atoms. The maximum Gasteiger partial charge on any atom is 0.135 e. The van der Waals surface area contributed by atoms with Crippen molar-refractivity contribution in [3.05, 3.63) is 121 Å². The molecule has 3 nitrogen and oxygen atoms in total. The second-order valence-electron chi connectivity index (χ2n) is 12.9. The predicted molar refractivity (Wildman–Crippen MR) is 172 cm³/mol. The number of benzene rings is 4. The molecule has 0 amide bonds. The van der Waals surface area contributed by atoms with Gasteiger partial charge >= 0.3 is 0 Å². The third kappa shape index (κ3) is 5.45. The summed E-state index contributed by atoms with van der Waals surface area (Å²) in [6, 6.07) is 34.0. The first-order valence-electron chi connectivity index (χ1n) is 14.2. The summed E-state index contributed by atoms with van der Waals surface area (Å²) in [6.45, 7) is 13.4. The van der Waals surface area contributed by atoms with Crippen molar-refractivity contribution in [3.63, 3.8) is 0 Å². The molecule has 0 N–H and O–H groups in total. The quantitative estimate of drug-likeness (QED) is 0.225. The molecule has 2 aromatic heterocycles. The zero-order valence-electron chi connectivity index (χ0n) is 24.7. The van der Waals surface area contributed by atoms with Crippen molar-refractivity contribution in [1.82, 2.24) is 9.97 Å². The average Bonchev–Trinajstić information content (AvgIpc) is 2.96. The molecular weight excluding hydrogens is 500 g/mol. The first-order valence-corrected chi connectivity index (χ1v) is 14.2. The van der Waals surface area contributed by atoms with E-state index in [-0.39, 0.29) is 10.8 Å². The molecule has 0 saturated heterocycles. The summed E-state index contributed by atoms with van der Waals surface area (Å²) in [4.78, 5) is 9.56. The molecule has 3 heteroatoms. The fraction of sp³-hybridized carbons (Fsp3) is 0.211. The Labute approximate surface area is 242 Å². The zero-order chi connectivity index (χ0) is 28.8. The van der Waals surface area contributed by atoms with Crippen LogP contribution < -0.4 is 4.74 Å². The average molecular weight is 537 g/mol. The highest BCUT2D eigenvalue weighted by molar-refractivity contribution is 5.95. The molecule has 0 spiro atoms. The number of fused-ring (bicyclic) bond motifs is 2. The van der Waals surface area contributed by atoms with Crippen LogP contribution in [0.1, 0.15) is 52.7 Å². The molecule has 0 aliphatic heterocycles. The number of ether oxygens (including phenoxy) is 1. The molecule has 6 aromatic rings. The lowest BCUT2D eigenvalue weighted by molar-refractivity contribution is 0.484. The van der Waals surface area contributed by atoms with Crippen molar-refractivity contribution in [2.45, 2.75) is 52.4 Å². The Kier molecular flexibility index (Phi) is 6.62. The minimum atomic E-state index is -0.0695. The molecule has 0 saturated carbocycles. The second-order valence-corrected chi connectivity index (χ2v) is 12.9. The minimum absolute atomic E-state index is 0.0350. The summed E-state index contributed by atoms with van der Waals surface area (Å²) in [5.74, 6) is 1.60. The fourth-order valence-corrected chi connectivity index (χ4v) is 5.27. The SMILES string of the molecule is CC(C)(C)c1cc(Oc2cc(-c3cc(C(C)(C)C)ccn3)cc3ccccc23)cc(-c2nccc3ccccc23)c1. The molecule has 0 aliphatic rings. The molecule has 0 bridgehead atoms. The van der Waals surface area contributed by atoms with Crippen LogP contribution in [0.25, 0.3) is 44.1 Å². The van der Waals surface area contributed by atoms with Crippen LogP contribution in [0, 0.1) is 0 Å². The predicted octanol–water partition coefficient (Wildman–Crippen LogP) is 10.5. The molecule has 0 atom stereocenters. The van der Waals surface area contributed by atoms with Gasteiger partial charge in [-0.1, -0.05) is 90.1 Å². The van der Waals surface area contributed by atoms with E-state index < -0.39 is 0 Å². The van der Waals surface area contributed by atoms with E-state index in [0.717, 1.165) is 50.2 Å². The smallest absolute Gasteiger partial charge is 0.135 e. The summed E-state index contributed by atoms with van der Waals surface area (Å²) in [5, 5.41) is 4.48. The first kappa shape index (κ1) is 26.7. The van der Waals surface area contributed by atoms with Crippen LogP contribution in [0.2, 0.25) is 0 Å². The van der Waals surface area contributed by atoms with E-state index in [0.29, 0.717) is 0 Å². The fourth-order valence-electron chi connectivity index (χ4n) is 5.27. The Morgan fingerprint density at radius 1 is 0.537 bits per heavy atom. The van der Waals surface area contributed by atoms with Crippen LogP contribution in [0.5, 0.6) is 11.5 Å². The van der Waals surface area contributed by atoms with Gasteiger partial charge in [0.1, 0.15) is 11.5 Å². The Morgan fingerprint density at radius 3 is 1.98 bits per heavy atom. The lowest BCUT2D eigenvalue weighted by atomic mass is 9.85. The minimum Gasteiger partial charge on any atom is -0.457 e. The van der Waals surface area contributed by atoms with E-state index in [1.165, 1.54) is 16.5 Å². The number of hydrogen-bond donors (Lipinski definition) is 0. The highest BCUT2D eigenvalue weighted by Crippen LogP contribution is 2.39. The topological polar surface area (TPSA) is 35.0 Å². The lowest BCUT2D eigenvalue weighted by Crippen LogP contribution is -2.11. The van der Waals surface area contributed by atoms with Crippen molar-refractivity contribution in [1.29, 1.82) is 0 Å². The summed E-state index contributed by atoms with van der Waals surface area (Å²) in [7, 11) is 0. The lowest BCUT2D eigenvalue weighted by Gasteiger charge is -2.22. The van der Waals surface area contributed by atoms with Gasteiger partial charge in [0.2, 0.25) is 0 Å². The molecule has 2 heterocycles. The van der Waals surface area contributed by atoms with Crippen LogP contribution in [0.4, 0.5) is 0 Å². The largest absolute Gasteiger partial charge is 0.457 e. The highest BCUT2D eigenvalue weighted by atomic mass is 16.5. The Morgan fingerprint density at radius 2 is 1.22 bits per heavy atom. The molecule has 6 rings (SSSR count). The van der Waals surface area contributed by atoms with Gasteiger partial charge in [-0.2, -0.15) is 0 Å². The summed E-state index contributed by atoms with van der Waals surface area (Å²) < 4.78 is 6.81. The number of nitrogens with zero attached hydrogens (tertiary/aromatic N) is 2. The van der Waals surface area contributed by atoms with Gasteiger partial charge in [0.25, 0.3) is 0 Å². The van der Waals surface area contributed by atoms with E-state index in [9.17, 15) is 0 Å². The van der Waals surface area contributed by atoms with Gasteiger partial charge in [0.05, 0.1) is 11.4 Å². The molecule has 0 unspecified atom stereocenters. The molecule has 0 radical (unpaired) electrons. The van der Waals surface area contributed by atoms with Crippen LogP contribution in [-0.4, -0.2) is 9.97 Å². The normalized spacial score (nSPS) is 12.1. The van der Waals surface area contributed by atoms with Crippen molar-refractivity contribution in [3.8, 4) is 34.0 Å². The van der Waals surface area contributed by atoms with Gasteiger partial charge in [0, 0.05) is 34.3 Å². The van der Waals surface area contributed by atoms with Gasteiger partial charge in [-0.3, -0.25) is 9.97 Å². The van der Waals surface area contributed by atoms with Crippen molar-refractivity contribution in [2.75, 3.05) is 0 Å². The van der Waals surface area contributed by atoms with Crippen LogP contribution >= 0.6 is 0 Å². The van der Waals surface area contributed by atoms with E-state index in [4.69, 9.17) is 14.7 Å². The molecule has 4 aromatic carbocycles. The standard InChI is InChI=1S/C38H36N2O/c1-37(2,3)29-16-18-39-34(24-29)27-19-26-12-8-9-13-32(26)35(22-27)41-31-21-28(20-30(23-31)38(4,5)6)36-33-14-10-7-11-25(33)15-17-40-36/h7-24H,1-6H3. The van der Waals surface area contributed by atoms with E-state index in [2.05, 4.69) is 139 Å². The van der Waals surface area contributed by atoms with Gasteiger partial charge < -0.3 is 4.74 Å². The van der Waals surface area contributed by atoms with Crippen molar-refractivity contribution >= 4 is 21.5 Å². The van der Waals surface area contributed by atoms with E-state index >= 15 is 0 Å². The Hall–Kier alpha value is -4.50. The Balaban J connectivity index is 1.51. The molecule has 0 fully saturated rings. The first-order chi connectivity index (χ1) is 19.6. The second kappa shape index (κ2) is 10.2. The summed E-state index contributed by atoms with van der Waals surface area (Å²) in [6.07, 6.45) is 3.79. The molecule has 0 aliphatic carbocycles. The Bertz CT molecular complexity index is 1880. The summed E-state index contributed by atoms with van der Waals surface area (Å²) in [5.41, 5.74) is 6.39. The monoisotopic (exact) mass is 536 g/mol. The van der Waals surface area contributed by atoms with Gasteiger partial charge in [-0.15, -0.1) is 0 Å². The maximum atomic E-state index is 6.81. The van der Waals surface area contributed by atoms with Crippen LogP contribution in [0.3, 0.4) is 0 Å². The van der Waals surface area contributed by atoms with Crippen LogP contribution in [-0.2, 0) is 10.8 Å². The van der Waals surface area contributed by atoms with Crippen molar-refractivity contribution < 1.29 is 4.74 Å². The van der Waals surface area contributed by atoms with Gasteiger partial charge in [0.15, 0.2) is 0 Å². The van der Waals surface area contributed by atoms with Gasteiger partial charge in [-0.25, -0.2) is 0 Å². The highest BCUT2D eigenvalue weighted by Gasteiger charge is 2.19. The number of aromatic nitrogens is 2. The molecular formula is C38H36N2O. The number of rotatable bonds is 4. The number of pyridine rings is 2. The summed E-state index contributed by atoms with van der Waals surface area (Å²) >= 11 is 0. The zero-order valence-corrected chi connectivity index (χ0v) is 24.7. The maximum absolute atomic E-state index is 6.81. The van der Waals surface area contributed by atoms with Crippen molar-refractivity contribution in [2.24, 2.45) is 0 Å². The van der Waals surface area contributed by atoms with E-state index in [1.807, 2.05) is 12.4 Å². The number of hydrogen-bond acceptors (Lipinski definition) is 3. The van der Waals surface area contributed by atoms with E-state index in [1.54, 1.807) is 0 Å². The molecule has 204 valence electrons. The third-order valence-electron chi connectivity index (χ3n) is 7.69.